The van der Waals surface area contributed by atoms with Crippen molar-refractivity contribution in [3.8, 4) is 0 Å². The molecule has 0 bridgehead atoms. The molecule has 0 saturated carbocycles. The second kappa shape index (κ2) is 10.7. The van der Waals surface area contributed by atoms with Crippen molar-refractivity contribution in [2.45, 2.75) is 53.1 Å². The van der Waals surface area contributed by atoms with Crippen molar-refractivity contribution in [3.05, 3.63) is 101 Å². The van der Waals surface area contributed by atoms with Gasteiger partial charge in [0, 0.05) is 25.2 Å². The monoisotopic (exact) mass is 454 g/mol. The molecule has 0 fully saturated rings. The van der Waals surface area contributed by atoms with Gasteiger partial charge in [0.25, 0.3) is 0 Å². The van der Waals surface area contributed by atoms with Gasteiger partial charge in [0.1, 0.15) is 0 Å². The molecule has 34 heavy (non-hydrogen) atoms. The van der Waals surface area contributed by atoms with Crippen LogP contribution in [0.4, 0.5) is 5.69 Å². The van der Waals surface area contributed by atoms with E-state index in [2.05, 4.69) is 51.1 Å². The largest absolute Gasteiger partial charge is 0.338 e. The predicted molar refractivity (Wildman–Crippen MR) is 138 cm³/mol. The number of carbonyl (C=O) groups is 2. The van der Waals surface area contributed by atoms with Gasteiger partial charge in [0.05, 0.1) is 13.0 Å². The van der Waals surface area contributed by atoms with Crippen LogP contribution in [0.15, 0.2) is 72.8 Å². The van der Waals surface area contributed by atoms with Gasteiger partial charge in [0.2, 0.25) is 11.8 Å². The van der Waals surface area contributed by atoms with Gasteiger partial charge in [-0.15, -0.1) is 0 Å². The summed E-state index contributed by atoms with van der Waals surface area (Å²) in [7, 11) is 0. The highest BCUT2D eigenvalue weighted by molar-refractivity contribution is 5.93. The zero-order valence-electron chi connectivity index (χ0n) is 20.5. The minimum absolute atomic E-state index is 0.120. The minimum Gasteiger partial charge on any atom is -0.338 e. The molecular formula is C30H34N2O2. The van der Waals surface area contributed by atoms with Gasteiger partial charge in [-0.05, 0) is 59.2 Å². The second-order valence-electron chi connectivity index (χ2n) is 9.68. The van der Waals surface area contributed by atoms with E-state index >= 15 is 0 Å². The van der Waals surface area contributed by atoms with Crippen molar-refractivity contribution in [2.75, 3.05) is 11.4 Å². The normalized spacial score (nSPS) is 13.0. The fourth-order valence-corrected chi connectivity index (χ4v) is 4.53. The van der Waals surface area contributed by atoms with E-state index in [9.17, 15) is 9.59 Å². The summed E-state index contributed by atoms with van der Waals surface area (Å²) in [6.45, 7) is 8.20. The van der Waals surface area contributed by atoms with Crippen LogP contribution in [0, 0.1) is 12.8 Å². The van der Waals surface area contributed by atoms with Crippen LogP contribution in [0.25, 0.3) is 0 Å². The summed E-state index contributed by atoms with van der Waals surface area (Å²) in [5, 5.41) is 0. The number of hydrogen-bond acceptors (Lipinski definition) is 2. The van der Waals surface area contributed by atoms with E-state index < -0.39 is 0 Å². The Bertz CT molecular complexity index is 1150. The quantitative estimate of drug-likeness (QED) is 0.459. The predicted octanol–water partition coefficient (Wildman–Crippen LogP) is 5.70. The van der Waals surface area contributed by atoms with Crippen molar-refractivity contribution < 1.29 is 9.59 Å². The van der Waals surface area contributed by atoms with Crippen LogP contribution in [-0.2, 0) is 35.5 Å². The van der Waals surface area contributed by atoms with Crippen LogP contribution < -0.4 is 4.90 Å². The third-order valence-electron chi connectivity index (χ3n) is 6.56. The first-order valence-corrected chi connectivity index (χ1v) is 12.2. The number of carbonyl (C=O) groups excluding carboxylic acids is 2. The Morgan fingerprint density at radius 3 is 2.29 bits per heavy atom. The first kappa shape index (κ1) is 23.7. The summed E-state index contributed by atoms with van der Waals surface area (Å²) in [6, 6.07) is 24.5. The fraction of sp³-hybridized carbons (Fsp3) is 0.333. The molecule has 3 aromatic rings. The number of hydrogen-bond donors (Lipinski definition) is 0. The minimum atomic E-state index is 0.120. The zero-order chi connectivity index (χ0) is 24.1. The Hall–Kier alpha value is -3.40. The van der Waals surface area contributed by atoms with Crippen molar-refractivity contribution >= 4 is 17.5 Å². The third kappa shape index (κ3) is 5.74. The lowest BCUT2D eigenvalue weighted by atomic mass is 9.99. The lowest BCUT2D eigenvalue weighted by Gasteiger charge is -2.29. The van der Waals surface area contributed by atoms with Crippen molar-refractivity contribution in [1.82, 2.24) is 4.90 Å². The van der Waals surface area contributed by atoms with Gasteiger partial charge in [-0.25, -0.2) is 0 Å². The van der Waals surface area contributed by atoms with Crippen LogP contribution in [0.2, 0.25) is 0 Å². The first-order chi connectivity index (χ1) is 16.4. The van der Waals surface area contributed by atoms with Crippen molar-refractivity contribution in [2.24, 2.45) is 5.92 Å². The summed E-state index contributed by atoms with van der Waals surface area (Å²) >= 11 is 0. The summed E-state index contributed by atoms with van der Waals surface area (Å²) in [4.78, 5) is 29.9. The van der Waals surface area contributed by atoms with Gasteiger partial charge in [0.15, 0.2) is 0 Å². The van der Waals surface area contributed by atoms with Crippen molar-refractivity contribution in [3.63, 3.8) is 0 Å². The number of aryl methyl sites for hydroxylation is 1. The Kier molecular flexibility index (Phi) is 7.46. The highest BCUT2D eigenvalue weighted by Gasteiger charge is 2.21. The molecule has 0 unspecified atom stereocenters. The molecule has 4 rings (SSSR count). The summed E-state index contributed by atoms with van der Waals surface area (Å²) in [6.07, 6.45) is 1.79. The SMILES string of the molecule is Cc1ccccc1CN(C(=O)CC(C)C)c1ccc(CC(=O)N2CCc3ccccc3C2)cc1. The van der Waals surface area contributed by atoms with E-state index in [0.717, 1.165) is 29.8 Å². The maximum absolute atomic E-state index is 13.1. The lowest BCUT2D eigenvalue weighted by molar-refractivity contribution is -0.131. The van der Waals surface area contributed by atoms with E-state index in [4.69, 9.17) is 0 Å². The summed E-state index contributed by atoms with van der Waals surface area (Å²) in [5.74, 6) is 0.558. The molecule has 1 heterocycles. The topological polar surface area (TPSA) is 40.6 Å². The van der Waals surface area contributed by atoms with Crippen molar-refractivity contribution in [1.29, 1.82) is 0 Å². The van der Waals surface area contributed by atoms with E-state index in [1.54, 1.807) is 0 Å². The zero-order valence-corrected chi connectivity index (χ0v) is 20.5. The Balaban J connectivity index is 1.47. The van der Waals surface area contributed by atoms with Crippen LogP contribution in [0.5, 0.6) is 0 Å². The number of rotatable bonds is 7. The maximum atomic E-state index is 13.1. The Morgan fingerprint density at radius 1 is 0.912 bits per heavy atom. The van der Waals surface area contributed by atoms with E-state index in [-0.39, 0.29) is 11.8 Å². The molecule has 176 valence electrons. The number of anilines is 1. The molecule has 1 aliphatic rings. The summed E-state index contributed by atoms with van der Waals surface area (Å²) in [5.41, 5.74) is 6.75. The molecule has 0 radical (unpaired) electrons. The van der Waals surface area contributed by atoms with E-state index in [1.807, 2.05) is 52.3 Å². The van der Waals surface area contributed by atoms with Crippen LogP contribution >= 0.6 is 0 Å². The first-order valence-electron chi connectivity index (χ1n) is 12.2. The lowest BCUT2D eigenvalue weighted by Crippen LogP contribution is -2.36. The molecule has 0 aliphatic carbocycles. The second-order valence-corrected chi connectivity index (χ2v) is 9.68. The number of amides is 2. The highest BCUT2D eigenvalue weighted by atomic mass is 16.2. The summed E-state index contributed by atoms with van der Waals surface area (Å²) < 4.78 is 0. The molecule has 0 saturated heterocycles. The molecule has 0 aromatic heterocycles. The van der Waals surface area contributed by atoms with Gasteiger partial charge >= 0.3 is 0 Å². The molecule has 2 amide bonds. The molecule has 0 spiro atoms. The van der Waals surface area contributed by atoms with Crippen LogP contribution in [0.3, 0.4) is 0 Å². The average Bonchev–Trinajstić information content (AvgIpc) is 2.83. The van der Waals surface area contributed by atoms with Gasteiger partial charge < -0.3 is 9.80 Å². The van der Waals surface area contributed by atoms with Crippen LogP contribution in [0.1, 0.15) is 48.1 Å². The standard InChI is InChI=1S/C30H34N2O2/c1-22(2)18-30(34)32(21-26-10-5-4-8-23(26)3)28-14-12-24(13-15-28)19-29(33)31-17-16-25-9-6-7-11-27(25)20-31/h4-15,22H,16-21H2,1-3H3. The maximum Gasteiger partial charge on any atom is 0.227 e. The van der Waals surface area contributed by atoms with Gasteiger partial charge in [-0.2, -0.15) is 0 Å². The molecular weight excluding hydrogens is 420 g/mol. The van der Waals surface area contributed by atoms with E-state index in [0.29, 0.717) is 31.8 Å². The molecule has 0 N–H and O–H groups in total. The Labute approximate surface area is 203 Å². The average molecular weight is 455 g/mol. The molecule has 0 atom stereocenters. The molecule has 1 aliphatic heterocycles. The molecule has 4 nitrogen and oxygen atoms in total. The van der Waals surface area contributed by atoms with Crippen LogP contribution in [-0.4, -0.2) is 23.3 Å². The number of nitrogens with zero attached hydrogens (tertiary/aromatic N) is 2. The van der Waals surface area contributed by atoms with E-state index in [1.165, 1.54) is 16.7 Å². The smallest absolute Gasteiger partial charge is 0.227 e. The number of benzene rings is 3. The number of fused-ring (bicyclic) bond motifs is 1. The van der Waals surface area contributed by atoms with Gasteiger partial charge in [-0.3, -0.25) is 9.59 Å². The molecule has 3 aromatic carbocycles. The molecule has 4 heteroatoms. The highest BCUT2D eigenvalue weighted by Crippen LogP contribution is 2.23. The Morgan fingerprint density at radius 2 is 1.59 bits per heavy atom. The fourth-order valence-electron chi connectivity index (χ4n) is 4.53. The van der Waals surface area contributed by atoms with Gasteiger partial charge in [-0.1, -0.05) is 74.5 Å². The third-order valence-corrected chi connectivity index (χ3v) is 6.56.